The molecular weight excluding hydrogens is 280 g/mol. The maximum absolute atomic E-state index is 12.2. The molecule has 1 fully saturated rings. The molecule has 2 N–H and O–H groups in total. The predicted octanol–water partition coefficient (Wildman–Crippen LogP) is 0.503. The van der Waals surface area contributed by atoms with Gasteiger partial charge >= 0.3 is 5.97 Å². The quantitative estimate of drug-likeness (QED) is 0.774. The topological polar surface area (TPSA) is 84.5 Å². The highest BCUT2D eigenvalue weighted by Gasteiger charge is 2.20. The number of methoxy groups -OCH3 is 1. The van der Waals surface area contributed by atoms with E-state index in [4.69, 9.17) is 0 Å². The van der Waals surface area contributed by atoms with Crippen LogP contribution in [0.15, 0.2) is 29.2 Å². The van der Waals surface area contributed by atoms with Gasteiger partial charge in [0.25, 0.3) is 0 Å². The van der Waals surface area contributed by atoms with Gasteiger partial charge in [0.2, 0.25) is 10.0 Å². The van der Waals surface area contributed by atoms with Crippen LogP contribution in [0.5, 0.6) is 0 Å². The van der Waals surface area contributed by atoms with Gasteiger partial charge in [0.15, 0.2) is 0 Å². The Morgan fingerprint density at radius 3 is 2.95 bits per heavy atom. The Labute approximate surface area is 118 Å². The molecule has 1 atom stereocenters. The number of hydrogen-bond acceptors (Lipinski definition) is 5. The zero-order valence-corrected chi connectivity index (χ0v) is 12.1. The lowest BCUT2D eigenvalue weighted by Gasteiger charge is -2.12. The Kier molecular flexibility index (Phi) is 4.74. The van der Waals surface area contributed by atoms with E-state index in [0.29, 0.717) is 6.54 Å². The fourth-order valence-corrected chi connectivity index (χ4v) is 3.26. The number of esters is 1. The zero-order chi connectivity index (χ0) is 14.6. The molecule has 1 heterocycles. The van der Waals surface area contributed by atoms with E-state index >= 15 is 0 Å². The van der Waals surface area contributed by atoms with Crippen molar-refractivity contribution in [2.75, 3.05) is 20.2 Å². The number of ether oxygens (including phenoxy) is 1. The summed E-state index contributed by atoms with van der Waals surface area (Å²) >= 11 is 0. The fourth-order valence-electron chi connectivity index (χ4n) is 2.13. The minimum Gasteiger partial charge on any atom is -0.465 e. The highest BCUT2D eigenvalue weighted by atomic mass is 32.2. The van der Waals surface area contributed by atoms with Crippen LogP contribution in [0.25, 0.3) is 0 Å². The molecule has 110 valence electrons. The van der Waals surface area contributed by atoms with Gasteiger partial charge in [0, 0.05) is 12.6 Å². The first-order valence-electron chi connectivity index (χ1n) is 6.44. The SMILES string of the molecule is COC(=O)c1cccc(S(=O)(=O)NCC2CCCN2)c1. The Morgan fingerprint density at radius 1 is 1.50 bits per heavy atom. The molecule has 1 aromatic rings. The molecule has 1 aromatic carbocycles. The highest BCUT2D eigenvalue weighted by Crippen LogP contribution is 2.13. The Hall–Kier alpha value is -1.44. The molecule has 0 radical (unpaired) electrons. The summed E-state index contributed by atoms with van der Waals surface area (Å²) < 4.78 is 31.5. The normalized spacial score (nSPS) is 18.9. The van der Waals surface area contributed by atoms with E-state index in [-0.39, 0.29) is 16.5 Å². The van der Waals surface area contributed by atoms with Crippen molar-refractivity contribution in [3.8, 4) is 0 Å². The van der Waals surface area contributed by atoms with Crippen LogP contribution in [0, 0.1) is 0 Å². The molecule has 1 saturated heterocycles. The second-order valence-corrected chi connectivity index (χ2v) is 6.43. The van der Waals surface area contributed by atoms with Crippen LogP contribution < -0.4 is 10.0 Å². The minimum absolute atomic E-state index is 0.0680. The zero-order valence-electron chi connectivity index (χ0n) is 11.3. The molecule has 0 spiro atoms. The van der Waals surface area contributed by atoms with Crippen LogP contribution in [0.3, 0.4) is 0 Å². The molecule has 20 heavy (non-hydrogen) atoms. The van der Waals surface area contributed by atoms with Gasteiger partial charge in [-0.2, -0.15) is 0 Å². The van der Waals surface area contributed by atoms with Gasteiger partial charge in [-0.3, -0.25) is 0 Å². The second-order valence-electron chi connectivity index (χ2n) is 4.66. The van der Waals surface area contributed by atoms with Gasteiger partial charge in [0.1, 0.15) is 0 Å². The van der Waals surface area contributed by atoms with Crippen molar-refractivity contribution >= 4 is 16.0 Å². The minimum atomic E-state index is -3.61. The average Bonchev–Trinajstić information content (AvgIpc) is 2.98. The van der Waals surface area contributed by atoms with Crippen molar-refractivity contribution in [2.45, 2.75) is 23.8 Å². The first-order chi connectivity index (χ1) is 9.53. The van der Waals surface area contributed by atoms with Gasteiger partial charge in [-0.05, 0) is 37.6 Å². The summed E-state index contributed by atoms with van der Waals surface area (Å²) in [6, 6.07) is 5.99. The van der Waals surface area contributed by atoms with Gasteiger partial charge in [-0.1, -0.05) is 6.07 Å². The standard InChI is InChI=1S/C13H18N2O4S/c1-19-13(16)10-4-2-6-12(8-10)20(17,18)15-9-11-5-3-7-14-11/h2,4,6,8,11,14-15H,3,5,7,9H2,1H3. The van der Waals surface area contributed by atoms with E-state index in [9.17, 15) is 13.2 Å². The maximum atomic E-state index is 12.2. The van der Waals surface area contributed by atoms with E-state index < -0.39 is 16.0 Å². The first kappa shape index (κ1) is 15.0. The third-order valence-electron chi connectivity index (χ3n) is 3.25. The fraction of sp³-hybridized carbons (Fsp3) is 0.462. The highest BCUT2D eigenvalue weighted by molar-refractivity contribution is 7.89. The van der Waals surface area contributed by atoms with E-state index in [1.807, 2.05) is 0 Å². The summed E-state index contributed by atoms with van der Waals surface area (Å²) in [6.45, 7) is 1.27. The van der Waals surface area contributed by atoms with E-state index in [1.165, 1.54) is 31.4 Å². The van der Waals surface area contributed by atoms with Crippen molar-refractivity contribution in [1.29, 1.82) is 0 Å². The largest absolute Gasteiger partial charge is 0.465 e. The van der Waals surface area contributed by atoms with Crippen LogP contribution in [0.2, 0.25) is 0 Å². The molecule has 1 unspecified atom stereocenters. The third kappa shape index (κ3) is 3.56. The van der Waals surface area contributed by atoms with Crippen molar-refractivity contribution < 1.29 is 17.9 Å². The number of carbonyl (C=O) groups excluding carboxylic acids is 1. The summed E-state index contributed by atoms with van der Waals surface area (Å²) in [4.78, 5) is 11.5. The van der Waals surface area contributed by atoms with Gasteiger partial charge in [-0.15, -0.1) is 0 Å². The number of carbonyl (C=O) groups is 1. The maximum Gasteiger partial charge on any atom is 0.337 e. The molecule has 1 aliphatic heterocycles. The van der Waals surface area contributed by atoms with Crippen LogP contribution in [-0.2, 0) is 14.8 Å². The molecule has 0 aliphatic carbocycles. The summed E-state index contributed by atoms with van der Waals surface area (Å²) in [5.74, 6) is -0.556. The average molecular weight is 298 g/mol. The molecular formula is C13H18N2O4S. The Bertz CT molecular complexity index is 580. The lowest BCUT2D eigenvalue weighted by molar-refractivity contribution is 0.0600. The summed E-state index contributed by atoms with van der Waals surface area (Å²) in [5, 5.41) is 3.22. The van der Waals surface area contributed by atoms with Crippen LogP contribution in [-0.4, -0.2) is 40.6 Å². The molecule has 7 heteroatoms. The lowest BCUT2D eigenvalue weighted by Crippen LogP contribution is -2.37. The third-order valence-corrected chi connectivity index (χ3v) is 4.67. The number of sulfonamides is 1. The van der Waals surface area contributed by atoms with Crippen molar-refractivity contribution in [3.63, 3.8) is 0 Å². The van der Waals surface area contributed by atoms with Crippen molar-refractivity contribution in [2.24, 2.45) is 0 Å². The van der Waals surface area contributed by atoms with Crippen molar-refractivity contribution in [1.82, 2.24) is 10.0 Å². The van der Waals surface area contributed by atoms with Crippen molar-refractivity contribution in [3.05, 3.63) is 29.8 Å². The van der Waals surface area contributed by atoms with Crippen LogP contribution in [0.4, 0.5) is 0 Å². The smallest absolute Gasteiger partial charge is 0.337 e. The summed E-state index contributed by atoms with van der Waals surface area (Å²) in [7, 11) is -2.35. The van der Waals surface area contributed by atoms with E-state index in [0.717, 1.165) is 19.4 Å². The Balaban J connectivity index is 2.10. The van der Waals surface area contributed by atoms with Gasteiger partial charge < -0.3 is 10.1 Å². The first-order valence-corrected chi connectivity index (χ1v) is 7.92. The summed E-state index contributed by atoms with van der Waals surface area (Å²) in [6.07, 6.45) is 2.02. The van der Waals surface area contributed by atoms with Crippen LogP contribution >= 0.6 is 0 Å². The molecule has 0 amide bonds. The van der Waals surface area contributed by atoms with E-state index in [1.54, 1.807) is 0 Å². The molecule has 0 aromatic heterocycles. The second kappa shape index (κ2) is 6.34. The molecule has 0 saturated carbocycles. The molecule has 1 aliphatic rings. The number of nitrogens with one attached hydrogen (secondary N) is 2. The Morgan fingerprint density at radius 2 is 2.30 bits per heavy atom. The molecule has 6 nitrogen and oxygen atoms in total. The monoisotopic (exact) mass is 298 g/mol. The number of rotatable bonds is 5. The van der Waals surface area contributed by atoms with Crippen LogP contribution in [0.1, 0.15) is 23.2 Å². The number of hydrogen-bond donors (Lipinski definition) is 2. The molecule has 0 bridgehead atoms. The number of benzene rings is 1. The lowest BCUT2D eigenvalue weighted by atomic mass is 10.2. The van der Waals surface area contributed by atoms with E-state index in [2.05, 4.69) is 14.8 Å². The van der Waals surface area contributed by atoms with Gasteiger partial charge in [0.05, 0.1) is 17.6 Å². The van der Waals surface area contributed by atoms with Gasteiger partial charge in [-0.25, -0.2) is 17.9 Å². The summed E-state index contributed by atoms with van der Waals surface area (Å²) in [5.41, 5.74) is 0.217. The molecule has 2 rings (SSSR count). The predicted molar refractivity (Wildman–Crippen MR) is 74.0 cm³/mol.